The van der Waals surface area contributed by atoms with Crippen LogP contribution < -0.4 is 10.2 Å². The molecule has 2 rings (SSSR count). The molecular formula is C19H27ClN2O4. The van der Waals surface area contributed by atoms with E-state index in [0.717, 1.165) is 38.0 Å². The molecule has 2 N–H and O–H groups in total. The van der Waals surface area contributed by atoms with Crippen molar-refractivity contribution in [3.05, 3.63) is 28.8 Å². The van der Waals surface area contributed by atoms with Gasteiger partial charge in [0.25, 0.3) is 0 Å². The fraction of sp³-hybridized carbons (Fsp3) is 0.579. The molecule has 0 saturated carbocycles. The zero-order valence-corrected chi connectivity index (χ0v) is 16.3. The highest BCUT2D eigenvalue weighted by atomic mass is 35.5. The third kappa shape index (κ3) is 6.09. The molecule has 0 spiro atoms. The Balaban J connectivity index is 1.76. The standard InChI is InChI=1S/C19H27ClN2O4/c1-19(2,3)26-18(25)21-9-6-13-7-10-22(11-8-13)14-4-5-15(17(23)24)16(20)12-14/h4-5,12-13H,6-11H2,1-3H3,(H,21,25)(H,23,24). The van der Waals surface area contributed by atoms with Crippen LogP contribution in [0.25, 0.3) is 0 Å². The first-order chi connectivity index (χ1) is 12.2. The Morgan fingerprint density at radius 3 is 2.50 bits per heavy atom. The summed E-state index contributed by atoms with van der Waals surface area (Å²) in [5.74, 6) is -0.465. The number of aromatic carboxylic acids is 1. The van der Waals surface area contributed by atoms with Gasteiger partial charge in [0.15, 0.2) is 0 Å². The van der Waals surface area contributed by atoms with Crippen molar-refractivity contribution in [3.8, 4) is 0 Å². The van der Waals surface area contributed by atoms with Crippen LogP contribution in [-0.4, -0.2) is 42.4 Å². The number of carboxylic acid groups (broad SMARTS) is 1. The highest BCUT2D eigenvalue weighted by Gasteiger charge is 2.21. The van der Waals surface area contributed by atoms with Crippen LogP contribution in [0.5, 0.6) is 0 Å². The maximum absolute atomic E-state index is 11.6. The number of benzene rings is 1. The molecule has 1 amide bonds. The van der Waals surface area contributed by atoms with Gasteiger partial charge in [0.1, 0.15) is 5.60 Å². The molecule has 144 valence electrons. The first kappa shape index (κ1) is 20.4. The summed E-state index contributed by atoms with van der Waals surface area (Å²) in [6.45, 7) is 7.92. The summed E-state index contributed by atoms with van der Waals surface area (Å²) in [5, 5.41) is 12.1. The number of nitrogens with zero attached hydrogens (tertiary/aromatic N) is 1. The molecule has 1 heterocycles. The second kappa shape index (κ2) is 8.62. The van der Waals surface area contributed by atoms with Crippen LogP contribution in [0.2, 0.25) is 5.02 Å². The topological polar surface area (TPSA) is 78.9 Å². The highest BCUT2D eigenvalue weighted by Crippen LogP contribution is 2.28. The molecular weight excluding hydrogens is 356 g/mol. The van der Waals surface area contributed by atoms with Crippen LogP contribution in [0.15, 0.2) is 18.2 Å². The smallest absolute Gasteiger partial charge is 0.407 e. The van der Waals surface area contributed by atoms with Crippen molar-refractivity contribution in [3.63, 3.8) is 0 Å². The Morgan fingerprint density at radius 2 is 1.96 bits per heavy atom. The average molecular weight is 383 g/mol. The molecule has 0 radical (unpaired) electrons. The third-order valence-corrected chi connectivity index (χ3v) is 4.70. The van der Waals surface area contributed by atoms with Gasteiger partial charge in [0, 0.05) is 25.3 Å². The molecule has 6 nitrogen and oxygen atoms in total. The van der Waals surface area contributed by atoms with E-state index in [-0.39, 0.29) is 16.7 Å². The van der Waals surface area contributed by atoms with E-state index in [1.807, 2.05) is 20.8 Å². The van der Waals surface area contributed by atoms with E-state index in [4.69, 9.17) is 21.4 Å². The molecule has 1 fully saturated rings. The van der Waals surface area contributed by atoms with E-state index in [2.05, 4.69) is 10.2 Å². The number of alkyl carbamates (subject to hydrolysis) is 1. The van der Waals surface area contributed by atoms with Crippen LogP contribution in [0.1, 0.15) is 50.4 Å². The number of hydrogen-bond donors (Lipinski definition) is 2. The predicted molar refractivity (Wildman–Crippen MR) is 102 cm³/mol. The maximum Gasteiger partial charge on any atom is 0.407 e. The normalized spacial score (nSPS) is 15.6. The van der Waals surface area contributed by atoms with E-state index < -0.39 is 11.6 Å². The van der Waals surface area contributed by atoms with E-state index in [1.54, 1.807) is 18.2 Å². The zero-order valence-electron chi connectivity index (χ0n) is 15.5. The predicted octanol–water partition coefficient (Wildman–Crippen LogP) is 4.17. The summed E-state index contributed by atoms with van der Waals surface area (Å²) in [7, 11) is 0. The number of rotatable bonds is 5. The first-order valence-corrected chi connectivity index (χ1v) is 9.28. The van der Waals surface area contributed by atoms with Crippen molar-refractivity contribution in [2.24, 2.45) is 5.92 Å². The summed E-state index contributed by atoms with van der Waals surface area (Å²) in [6.07, 6.45) is 2.59. The highest BCUT2D eigenvalue weighted by molar-refractivity contribution is 6.33. The molecule has 0 aromatic heterocycles. The van der Waals surface area contributed by atoms with Gasteiger partial charge in [0.2, 0.25) is 0 Å². The number of piperidine rings is 1. The van der Waals surface area contributed by atoms with Crippen molar-refractivity contribution < 1.29 is 19.4 Å². The Kier molecular flexibility index (Phi) is 6.75. The lowest BCUT2D eigenvalue weighted by molar-refractivity contribution is 0.0523. The average Bonchev–Trinajstić information content (AvgIpc) is 2.53. The maximum atomic E-state index is 11.6. The minimum absolute atomic E-state index is 0.124. The molecule has 7 heteroatoms. The van der Waals surface area contributed by atoms with Gasteiger partial charge in [-0.2, -0.15) is 0 Å². The number of hydrogen-bond acceptors (Lipinski definition) is 4. The fourth-order valence-corrected chi connectivity index (χ4v) is 3.30. The summed E-state index contributed by atoms with van der Waals surface area (Å²) in [4.78, 5) is 24.9. The lowest BCUT2D eigenvalue weighted by atomic mass is 9.93. The Bertz CT molecular complexity index is 649. The molecule has 1 saturated heterocycles. The third-order valence-electron chi connectivity index (χ3n) is 4.38. The first-order valence-electron chi connectivity index (χ1n) is 8.90. The van der Waals surface area contributed by atoms with Gasteiger partial charge >= 0.3 is 12.1 Å². The Hall–Kier alpha value is -1.95. The Morgan fingerprint density at radius 1 is 1.31 bits per heavy atom. The zero-order chi connectivity index (χ0) is 19.3. The van der Waals surface area contributed by atoms with Gasteiger partial charge in [-0.1, -0.05) is 11.6 Å². The number of carbonyl (C=O) groups is 2. The van der Waals surface area contributed by atoms with E-state index in [9.17, 15) is 9.59 Å². The van der Waals surface area contributed by atoms with Gasteiger partial charge in [0.05, 0.1) is 10.6 Å². The quantitative estimate of drug-likeness (QED) is 0.799. The molecule has 0 aliphatic carbocycles. The lowest BCUT2D eigenvalue weighted by Crippen LogP contribution is -2.36. The number of anilines is 1. The fourth-order valence-electron chi connectivity index (χ4n) is 3.05. The molecule has 0 atom stereocenters. The van der Waals surface area contributed by atoms with Crippen molar-refractivity contribution in [1.29, 1.82) is 0 Å². The molecule has 0 unspecified atom stereocenters. The van der Waals surface area contributed by atoms with E-state index >= 15 is 0 Å². The summed E-state index contributed by atoms with van der Waals surface area (Å²) in [6, 6.07) is 5.08. The van der Waals surface area contributed by atoms with Crippen LogP contribution >= 0.6 is 11.6 Å². The molecule has 1 aromatic carbocycles. The van der Waals surface area contributed by atoms with Gasteiger partial charge in [-0.3, -0.25) is 0 Å². The molecule has 1 aliphatic heterocycles. The Labute approximate surface area is 159 Å². The SMILES string of the molecule is CC(C)(C)OC(=O)NCCC1CCN(c2ccc(C(=O)O)c(Cl)c2)CC1. The summed E-state index contributed by atoms with van der Waals surface area (Å²) >= 11 is 6.06. The minimum Gasteiger partial charge on any atom is -0.478 e. The van der Waals surface area contributed by atoms with Gasteiger partial charge in [-0.25, -0.2) is 9.59 Å². The van der Waals surface area contributed by atoms with Crippen molar-refractivity contribution in [2.45, 2.75) is 45.6 Å². The number of ether oxygens (including phenoxy) is 1. The number of halogens is 1. The summed E-state index contributed by atoms with van der Waals surface area (Å²) in [5.41, 5.74) is 0.594. The largest absolute Gasteiger partial charge is 0.478 e. The van der Waals surface area contributed by atoms with Crippen LogP contribution in [0.4, 0.5) is 10.5 Å². The van der Waals surface area contributed by atoms with Gasteiger partial charge < -0.3 is 20.1 Å². The van der Waals surface area contributed by atoms with Crippen LogP contribution in [0.3, 0.4) is 0 Å². The number of amides is 1. The van der Waals surface area contributed by atoms with Crippen LogP contribution in [-0.2, 0) is 4.74 Å². The second-order valence-electron chi connectivity index (χ2n) is 7.62. The molecule has 1 aliphatic rings. The minimum atomic E-state index is -1.02. The van der Waals surface area contributed by atoms with Crippen LogP contribution in [0, 0.1) is 5.92 Å². The number of nitrogens with one attached hydrogen (secondary N) is 1. The monoisotopic (exact) mass is 382 g/mol. The summed E-state index contributed by atoms with van der Waals surface area (Å²) < 4.78 is 5.23. The lowest BCUT2D eigenvalue weighted by Gasteiger charge is -2.34. The molecule has 0 bridgehead atoms. The van der Waals surface area contributed by atoms with Crippen molar-refractivity contribution >= 4 is 29.4 Å². The van der Waals surface area contributed by atoms with Gasteiger partial charge in [-0.15, -0.1) is 0 Å². The number of carboxylic acids is 1. The van der Waals surface area contributed by atoms with E-state index in [0.29, 0.717) is 12.5 Å². The number of carbonyl (C=O) groups excluding carboxylic acids is 1. The van der Waals surface area contributed by atoms with Crippen molar-refractivity contribution in [2.75, 3.05) is 24.5 Å². The van der Waals surface area contributed by atoms with Gasteiger partial charge in [-0.05, 0) is 64.2 Å². The second-order valence-corrected chi connectivity index (χ2v) is 8.02. The molecule has 1 aromatic rings. The van der Waals surface area contributed by atoms with Crippen molar-refractivity contribution in [1.82, 2.24) is 5.32 Å². The molecule has 26 heavy (non-hydrogen) atoms. The van der Waals surface area contributed by atoms with E-state index in [1.165, 1.54) is 0 Å².